The number of hydrogen-bond donors (Lipinski definition) is 1. The summed E-state index contributed by atoms with van der Waals surface area (Å²) in [6.45, 7) is 3.50. The van der Waals surface area contributed by atoms with Crippen LogP contribution in [0.25, 0.3) is 10.8 Å². The van der Waals surface area contributed by atoms with Crippen molar-refractivity contribution in [2.24, 2.45) is 0 Å². The van der Waals surface area contributed by atoms with E-state index in [0.29, 0.717) is 6.61 Å². The van der Waals surface area contributed by atoms with Crippen molar-refractivity contribution in [3.63, 3.8) is 0 Å². The highest BCUT2D eigenvalue weighted by Crippen LogP contribution is 2.31. The fraction of sp³-hybridized carbons (Fsp3) is 0.312. The van der Waals surface area contributed by atoms with Crippen LogP contribution in [-0.2, 0) is 14.9 Å². The second-order valence-electron chi connectivity index (χ2n) is 4.74. The summed E-state index contributed by atoms with van der Waals surface area (Å²) in [7, 11) is 0. The third-order valence-corrected chi connectivity index (χ3v) is 3.43. The highest BCUT2D eigenvalue weighted by molar-refractivity contribution is 5.93. The minimum absolute atomic E-state index is 0.278. The van der Waals surface area contributed by atoms with Crippen LogP contribution in [0.5, 0.6) is 0 Å². The maximum Gasteiger partial charge on any atom is 0.318 e. The van der Waals surface area contributed by atoms with Gasteiger partial charge in [0.1, 0.15) is 5.41 Å². The molecule has 0 unspecified atom stereocenters. The molecule has 0 aliphatic heterocycles. The fourth-order valence-electron chi connectivity index (χ4n) is 2.26. The van der Waals surface area contributed by atoms with Gasteiger partial charge >= 0.3 is 5.97 Å². The maximum atomic E-state index is 12.2. The number of hydrogen-bond acceptors (Lipinski definition) is 3. The van der Waals surface area contributed by atoms with E-state index in [0.717, 1.165) is 16.3 Å². The van der Waals surface area contributed by atoms with Crippen molar-refractivity contribution in [2.75, 3.05) is 13.2 Å². The number of rotatable bonds is 4. The first-order valence-corrected chi connectivity index (χ1v) is 6.40. The molecule has 0 aromatic heterocycles. The molecule has 0 spiro atoms. The van der Waals surface area contributed by atoms with E-state index >= 15 is 0 Å². The first kappa shape index (κ1) is 13.6. The van der Waals surface area contributed by atoms with E-state index in [9.17, 15) is 9.90 Å². The maximum absolute atomic E-state index is 12.2. The van der Waals surface area contributed by atoms with Crippen molar-refractivity contribution in [1.29, 1.82) is 0 Å². The Kier molecular flexibility index (Phi) is 3.86. The van der Waals surface area contributed by atoms with Crippen LogP contribution in [0, 0.1) is 0 Å². The molecule has 3 heteroatoms. The van der Waals surface area contributed by atoms with Crippen LogP contribution < -0.4 is 0 Å². The van der Waals surface area contributed by atoms with E-state index in [1.165, 1.54) is 0 Å². The molecular weight excluding hydrogens is 240 g/mol. The predicted octanol–water partition coefficient (Wildman–Crippen LogP) is 2.65. The average molecular weight is 258 g/mol. The molecular formula is C16H18O3. The minimum Gasteiger partial charge on any atom is -0.465 e. The molecule has 19 heavy (non-hydrogen) atoms. The topological polar surface area (TPSA) is 46.5 Å². The molecule has 0 bridgehead atoms. The molecule has 0 radical (unpaired) electrons. The second-order valence-corrected chi connectivity index (χ2v) is 4.74. The van der Waals surface area contributed by atoms with Crippen LogP contribution >= 0.6 is 0 Å². The van der Waals surface area contributed by atoms with Crippen LogP contribution in [0.3, 0.4) is 0 Å². The van der Waals surface area contributed by atoms with Gasteiger partial charge in [0.15, 0.2) is 0 Å². The Morgan fingerprint density at radius 1 is 1.21 bits per heavy atom. The number of carbonyl (C=O) groups is 1. The number of benzene rings is 2. The Hall–Kier alpha value is -1.87. The Morgan fingerprint density at radius 3 is 2.58 bits per heavy atom. The first-order valence-electron chi connectivity index (χ1n) is 6.40. The lowest BCUT2D eigenvalue weighted by Crippen LogP contribution is -2.38. The molecule has 100 valence electrons. The largest absolute Gasteiger partial charge is 0.465 e. The van der Waals surface area contributed by atoms with E-state index in [-0.39, 0.29) is 6.61 Å². The summed E-state index contributed by atoms with van der Waals surface area (Å²) >= 11 is 0. The Morgan fingerprint density at radius 2 is 1.89 bits per heavy atom. The smallest absolute Gasteiger partial charge is 0.318 e. The zero-order valence-electron chi connectivity index (χ0n) is 11.2. The normalized spacial score (nSPS) is 14.1. The highest BCUT2D eigenvalue weighted by atomic mass is 16.5. The zero-order valence-corrected chi connectivity index (χ0v) is 11.2. The summed E-state index contributed by atoms with van der Waals surface area (Å²) in [5.41, 5.74) is -0.233. The number of esters is 1. The van der Waals surface area contributed by atoms with Crippen molar-refractivity contribution >= 4 is 16.7 Å². The van der Waals surface area contributed by atoms with Gasteiger partial charge in [-0.15, -0.1) is 0 Å². The third kappa shape index (κ3) is 2.34. The second kappa shape index (κ2) is 5.41. The van der Waals surface area contributed by atoms with Crippen molar-refractivity contribution in [3.8, 4) is 0 Å². The summed E-state index contributed by atoms with van der Waals surface area (Å²) in [6.07, 6.45) is 0. The molecule has 1 atom stereocenters. The molecule has 0 aliphatic carbocycles. The van der Waals surface area contributed by atoms with Crippen LogP contribution in [0.15, 0.2) is 42.5 Å². The quantitative estimate of drug-likeness (QED) is 0.858. The molecule has 2 aromatic rings. The molecule has 0 aliphatic rings. The van der Waals surface area contributed by atoms with Gasteiger partial charge in [0.05, 0.1) is 13.2 Å². The van der Waals surface area contributed by atoms with E-state index in [1.807, 2.05) is 42.5 Å². The Labute approximate surface area is 112 Å². The number of ether oxygens (including phenoxy) is 1. The SMILES string of the molecule is CCOC(=O)[C@](C)(CO)c1cccc2ccccc12. The molecule has 0 saturated heterocycles. The van der Waals surface area contributed by atoms with Gasteiger partial charge in [-0.25, -0.2) is 0 Å². The minimum atomic E-state index is -1.03. The monoisotopic (exact) mass is 258 g/mol. The molecule has 1 N–H and O–H groups in total. The zero-order chi connectivity index (χ0) is 13.9. The van der Waals surface area contributed by atoms with Crippen LogP contribution in [0.2, 0.25) is 0 Å². The van der Waals surface area contributed by atoms with Crippen molar-refractivity contribution in [1.82, 2.24) is 0 Å². The lowest BCUT2D eigenvalue weighted by atomic mass is 9.80. The van der Waals surface area contributed by atoms with Gasteiger partial charge in [-0.2, -0.15) is 0 Å². The molecule has 2 aromatic carbocycles. The summed E-state index contributed by atoms with van der Waals surface area (Å²) in [6, 6.07) is 13.6. The summed E-state index contributed by atoms with van der Waals surface area (Å²) in [5, 5.41) is 11.7. The van der Waals surface area contributed by atoms with Gasteiger partial charge in [0.2, 0.25) is 0 Å². The van der Waals surface area contributed by atoms with Gasteiger partial charge in [-0.3, -0.25) is 4.79 Å². The molecule has 0 fully saturated rings. The standard InChI is InChI=1S/C16H18O3/c1-3-19-15(18)16(2,11-17)14-10-6-8-12-7-4-5-9-13(12)14/h4-10,17H,3,11H2,1-2H3/t16-/m1/s1. The van der Waals surface area contributed by atoms with Crippen LogP contribution in [0.4, 0.5) is 0 Å². The van der Waals surface area contributed by atoms with Gasteiger partial charge < -0.3 is 9.84 Å². The first-order chi connectivity index (χ1) is 9.13. The van der Waals surface area contributed by atoms with Gasteiger partial charge in [0.25, 0.3) is 0 Å². The van der Waals surface area contributed by atoms with Gasteiger partial charge in [-0.1, -0.05) is 42.5 Å². The van der Waals surface area contributed by atoms with Gasteiger partial charge in [0, 0.05) is 0 Å². The lowest BCUT2D eigenvalue weighted by Gasteiger charge is -2.26. The molecule has 2 rings (SSSR count). The van der Waals surface area contributed by atoms with E-state index < -0.39 is 11.4 Å². The van der Waals surface area contributed by atoms with Crippen LogP contribution in [0.1, 0.15) is 19.4 Å². The van der Waals surface area contributed by atoms with E-state index in [1.54, 1.807) is 13.8 Å². The fourth-order valence-corrected chi connectivity index (χ4v) is 2.26. The van der Waals surface area contributed by atoms with Crippen molar-refractivity contribution in [2.45, 2.75) is 19.3 Å². The molecule has 0 heterocycles. The molecule has 0 amide bonds. The summed E-state index contributed by atoms with van der Waals surface area (Å²) in [5.74, 6) is -0.395. The van der Waals surface area contributed by atoms with Crippen molar-refractivity contribution < 1.29 is 14.6 Å². The molecule has 0 saturated carbocycles. The Balaban J connectivity index is 2.61. The summed E-state index contributed by atoms with van der Waals surface area (Å²) in [4.78, 5) is 12.2. The van der Waals surface area contributed by atoms with Crippen LogP contribution in [-0.4, -0.2) is 24.3 Å². The molecule has 3 nitrogen and oxygen atoms in total. The third-order valence-electron chi connectivity index (χ3n) is 3.43. The van der Waals surface area contributed by atoms with Gasteiger partial charge in [-0.05, 0) is 30.2 Å². The highest BCUT2D eigenvalue weighted by Gasteiger charge is 2.37. The average Bonchev–Trinajstić information content (AvgIpc) is 2.46. The number of aliphatic hydroxyl groups excluding tert-OH is 1. The van der Waals surface area contributed by atoms with E-state index in [2.05, 4.69) is 0 Å². The predicted molar refractivity (Wildman–Crippen MR) is 75.0 cm³/mol. The summed E-state index contributed by atoms with van der Waals surface area (Å²) < 4.78 is 5.10. The lowest BCUT2D eigenvalue weighted by molar-refractivity contribution is -0.151. The number of aliphatic hydroxyl groups is 1. The van der Waals surface area contributed by atoms with E-state index in [4.69, 9.17) is 4.74 Å². The number of carbonyl (C=O) groups excluding carboxylic acids is 1. The van der Waals surface area contributed by atoms with Crippen molar-refractivity contribution in [3.05, 3.63) is 48.0 Å². The number of fused-ring (bicyclic) bond motifs is 1. The Bertz CT molecular complexity index is 586.